The molecule has 0 saturated carbocycles. The summed E-state index contributed by atoms with van der Waals surface area (Å²) in [5.41, 5.74) is 0.857. The zero-order valence-corrected chi connectivity index (χ0v) is 23.8. The highest BCUT2D eigenvalue weighted by molar-refractivity contribution is 6.36. The minimum Gasteiger partial charge on any atom is -0.351 e. The van der Waals surface area contributed by atoms with Crippen LogP contribution in [0.25, 0.3) is 0 Å². The molecule has 46 heavy (non-hydrogen) atoms. The Balaban J connectivity index is 1.16. The predicted octanol–water partition coefficient (Wildman–Crippen LogP) is 3.82. The van der Waals surface area contributed by atoms with Crippen LogP contribution in [0.15, 0.2) is 84.9 Å². The number of benzene rings is 4. The van der Waals surface area contributed by atoms with Gasteiger partial charge in [-0.3, -0.25) is 33.6 Å². The third kappa shape index (κ3) is 5.43. The van der Waals surface area contributed by atoms with Gasteiger partial charge in [0, 0.05) is 46.5 Å². The van der Waals surface area contributed by atoms with E-state index >= 15 is 0 Å². The van der Waals surface area contributed by atoms with Crippen molar-refractivity contribution in [3.05, 3.63) is 141 Å². The Hall–Kier alpha value is -5.97. The maximum absolute atomic E-state index is 13.4. The maximum Gasteiger partial charge on any atom is 0.239 e. The molecule has 9 nitrogen and oxygen atoms in total. The highest BCUT2D eigenvalue weighted by atomic mass is 19.1. The summed E-state index contributed by atoms with van der Waals surface area (Å²) in [6, 6.07) is 18.3. The van der Waals surface area contributed by atoms with Crippen LogP contribution in [0.1, 0.15) is 68.5 Å². The summed E-state index contributed by atoms with van der Waals surface area (Å²) in [6.07, 6.45) is 0. The molecule has 2 unspecified atom stereocenters. The van der Waals surface area contributed by atoms with E-state index in [1.165, 1.54) is 84.9 Å². The van der Waals surface area contributed by atoms with Crippen LogP contribution in [0, 0.1) is 23.5 Å². The topological polar surface area (TPSA) is 144 Å². The van der Waals surface area contributed by atoms with Crippen molar-refractivity contribution in [2.24, 2.45) is 11.8 Å². The summed E-state index contributed by atoms with van der Waals surface area (Å²) in [5, 5.41) is 5.02. The van der Waals surface area contributed by atoms with Gasteiger partial charge < -0.3 is 10.6 Å². The van der Waals surface area contributed by atoms with E-state index in [4.69, 9.17) is 0 Å². The third-order valence-corrected chi connectivity index (χ3v) is 7.96. The van der Waals surface area contributed by atoms with Crippen LogP contribution in [-0.4, -0.2) is 40.7 Å². The van der Waals surface area contributed by atoms with Crippen LogP contribution in [-0.2, 0) is 22.7 Å². The number of carbonyl (C=O) groups excluding carboxylic acids is 7. The zero-order valence-electron chi connectivity index (χ0n) is 23.8. The second kappa shape index (κ2) is 11.8. The van der Waals surface area contributed by atoms with Crippen molar-refractivity contribution in [3.63, 3.8) is 0 Å². The molecule has 0 fully saturated rings. The van der Waals surface area contributed by atoms with E-state index in [2.05, 4.69) is 10.6 Å². The largest absolute Gasteiger partial charge is 0.351 e. The van der Waals surface area contributed by atoms with Crippen LogP contribution in [0.2, 0.25) is 0 Å². The first-order valence-corrected chi connectivity index (χ1v) is 14.1. The van der Waals surface area contributed by atoms with Crippen LogP contribution in [0.5, 0.6) is 0 Å². The normalized spacial score (nSPS) is 16.7. The molecule has 0 bridgehead atoms. The van der Waals surface area contributed by atoms with Gasteiger partial charge >= 0.3 is 0 Å². The molecular formula is C35H22F2N2O7. The van der Waals surface area contributed by atoms with Gasteiger partial charge in [-0.25, -0.2) is 8.78 Å². The Kier molecular flexibility index (Phi) is 7.74. The number of hydrogen-bond acceptors (Lipinski definition) is 7. The summed E-state index contributed by atoms with van der Waals surface area (Å²) in [5.74, 6) is -9.49. The number of halogens is 2. The van der Waals surface area contributed by atoms with E-state index in [1.54, 1.807) is 0 Å². The molecule has 4 aromatic rings. The summed E-state index contributed by atoms with van der Waals surface area (Å²) >= 11 is 0. The monoisotopic (exact) mass is 620 g/mol. The number of rotatable bonds is 8. The number of nitrogens with one attached hydrogen (secondary N) is 2. The number of ketones is 5. The molecule has 4 aromatic carbocycles. The van der Waals surface area contributed by atoms with Crippen molar-refractivity contribution in [2.75, 3.05) is 0 Å². The Labute approximate surface area is 259 Å². The first kappa shape index (κ1) is 30.1. The van der Waals surface area contributed by atoms with Gasteiger partial charge in [0.15, 0.2) is 40.8 Å². The van der Waals surface area contributed by atoms with Crippen molar-refractivity contribution >= 4 is 40.7 Å². The predicted molar refractivity (Wildman–Crippen MR) is 157 cm³/mol. The Morgan fingerprint density at radius 1 is 0.500 bits per heavy atom. The number of hydrogen-bond donors (Lipinski definition) is 2. The highest BCUT2D eigenvalue weighted by Crippen LogP contribution is 2.31. The fourth-order valence-corrected chi connectivity index (χ4v) is 5.50. The molecular weight excluding hydrogens is 598 g/mol. The van der Waals surface area contributed by atoms with E-state index in [0.29, 0.717) is 11.1 Å². The van der Waals surface area contributed by atoms with Gasteiger partial charge in [-0.2, -0.15) is 0 Å². The smallest absolute Gasteiger partial charge is 0.239 e. The molecule has 2 aliphatic carbocycles. The second-order valence-corrected chi connectivity index (χ2v) is 10.9. The van der Waals surface area contributed by atoms with Gasteiger partial charge in [-0.15, -0.1) is 0 Å². The fourth-order valence-electron chi connectivity index (χ4n) is 5.50. The summed E-state index contributed by atoms with van der Waals surface area (Å²) < 4.78 is 26.3. The fraction of sp³-hybridized carbons (Fsp3) is 0.114. The summed E-state index contributed by atoms with van der Waals surface area (Å²) in [7, 11) is 0. The molecule has 0 saturated heterocycles. The first-order chi connectivity index (χ1) is 22.0. The molecule has 6 rings (SSSR count). The molecule has 0 aromatic heterocycles. The van der Waals surface area contributed by atoms with E-state index in [1.807, 2.05) is 0 Å². The lowest BCUT2D eigenvalue weighted by Crippen LogP contribution is -2.36. The third-order valence-electron chi connectivity index (χ3n) is 7.96. The number of Topliss-reactive ketones (excluding diaryl/α,β-unsaturated/α-hetero) is 4. The SMILES string of the molecule is O=C(c1ccc2c(c1)C(=O)C(C(=O)NCc1ccc(F)cc1)C2=O)c1ccc2c(c1)C(=O)C(C(=O)NCc1ccc(F)cc1)C2=O. The lowest BCUT2D eigenvalue weighted by Gasteiger charge is -2.09. The molecule has 0 spiro atoms. The molecule has 11 heteroatoms. The summed E-state index contributed by atoms with van der Waals surface area (Å²) in [4.78, 5) is 91.1. The lowest BCUT2D eigenvalue weighted by molar-refractivity contribution is -0.123. The minimum atomic E-state index is -1.64. The Morgan fingerprint density at radius 3 is 1.22 bits per heavy atom. The van der Waals surface area contributed by atoms with Crippen molar-refractivity contribution in [1.82, 2.24) is 10.6 Å². The van der Waals surface area contributed by atoms with Gasteiger partial charge in [0.05, 0.1) is 0 Å². The molecule has 2 atom stereocenters. The van der Waals surface area contributed by atoms with Gasteiger partial charge in [0.1, 0.15) is 11.6 Å². The molecule has 228 valence electrons. The van der Waals surface area contributed by atoms with Crippen LogP contribution < -0.4 is 10.6 Å². The van der Waals surface area contributed by atoms with Crippen molar-refractivity contribution in [2.45, 2.75) is 13.1 Å². The van der Waals surface area contributed by atoms with Crippen molar-refractivity contribution in [1.29, 1.82) is 0 Å². The zero-order chi connectivity index (χ0) is 32.7. The molecule has 2 N–H and O–H groups in total. The van der Waals surface area contributed by atoms with E-state index in [9.17, 15) is 42.3 Å². The van der Waals surface area contributed by atoms with E-state index in [0.717, 1.165) is 0 Å². The first-order valence-electron chi connectivity index (χ1n) is 14.1. The quantitative estimate of drug-likeness (QED) is 0.225. The Morgan fingerprint density at radius 2 is 0.848 bits per heavy atom. The molecule has 2 amide bonds. The maximum atomic E-state index is 13.4. The van der Waals surface area contributed by atoms with Crippen LogP contribution in [0.3, 0.4) is 0 Å². The molecule has 0 heterocycles. The number of carbonyl (C=O) groups is 7. The van der Waals surface area contributed by atoms with Gasteiger partial charge in [0.25, 0.3) is 0 Å². The van der Waals surface area contributed by atoms with Crippen LogP contribution >= 0.6 is 0 Å². The van der Waals surface area contributed by atoms with Gasteiger partial charge in [0.2, 0.25) is 11.8 Å². The summed E-state index contributed by atoms with van der Waals surface area (Å²) in [6.45, 7) is -0.0703. The molecule has 0 aliphatic heterocycles. The highest BCUT2D eigenvalue weighted by Gasteiger charge is 2.45. The van der Waals surface area contributed by atoms with Crippen LogP contribution in [0.4, 0.5) is 8.78 Å². The number of fused-ring (bicyclic) bond motifs is 2. The van der Waals surface area contributed by atoms with Gasteiger partial charge in [-0.1, -0.05) is 36.4 Å². The lowest BCUT2D eigenvalue weighted by atomic mass is 9.96. The molecule has 0 radical (unpaired) electrons. The Bertz CT molecular complexity index is 1860. The van der Waals surface area contributed by atoms with E-state index in [-0.39, 0.29) is 46.5 Å². The van der Waals surface area contributed by atoms with Crippen molar-refractivity contribution < 1.29 is 42.3 Å². The standard InChI is InChI=1S/C35H22F2N2O7/c36-21-7-1-17(2-8-21)15-38-34(45)27-30(41)23-11-5-19(13-25(23)32(27)43)29(40)20-6-12-24-26(14-20)33(44)28(31(24)42)35(46)39-16-18-3-9-22(37)10-4-18/h1-14,27-28H,15-16H2,(H,38,45)(H,39,46). The van der Waals surface area contributed by atoms with Gasteiger partial charge in [-0.05, 0) is 59.7 Å². The minimum absolute atomic E-state index is 0.00224. The second-order valence-electron chi connectivity index (χ2n) is 10.9. The average Bonchev–Trinajstić information content (AvgIpc) is 3.46. The molecule has 2 aliphatic rings. The number of amides is 2. The average molecular weight is 621 g/mol. The van der Waals surface area contributed by atoms with Crippen molar-refractivity contribution in [3.8, 4) is 0 Å². The van der Waals surface area contributed by atoms with E-state index < -0.39 is 64.2 Å².